The van der Waals surface area contributed by atoms with Gasteiger partial charge in [0, 0.05) is 11.1 Å². The first kappa shape index (κ1) is 42.7. The first-order valence-electron chi connectivity index (χ1n) is 14.5. The van der Waals surface area contributed by atoms with Crippen LogP contribution in [0.3, 0.4) is 0 Å². The van der Waals surface area contributed by atoms with Crippen molar-refractivity contribution >= 4 is 11.4 Å². The van der Waals surface area contributed by atoms with Gasteiger partial charge in [-0.3, -0.25) is 0 Å². The molecule has 0 aliphatic heterocycles. The lowest BCUT2D eigenvalue weighted by Gasteiger charge is -2.44. The maximum absolute atomic E-state index is 15.1. The van der Waals surface area contributed by atoms with Gasteiger partial charge in [-0.1, -0.05) is 26.7 Å². The number of nitrogen functional groups attached to an aromatic ring is 2. The molecule has 50 heavy (non-hydrogen) atoms. The number of hydrogen-bond donors (Lipinski definition) is 2. The largest absolute Gasteiger partial charge is 0.495 e. The van der Waals surface area contributed by atoms with Crippen LogP contribution in [-0.2, 0) is 24.7 Å². The van der Waals surface area contributed by atoms with Gasteiger partial charge in [0.25, 0.3) is 0 Å². The monoisotopic (exact) mass is 756 g/mol. The summed E-state index contributed by atoms with van der Waals surface area (Å²) in [6.07, 6.45) is 0.151. The molecule has 0 aliphatic carbocycles. The molecule has 0 spiro atoms. The third kappa shape index (κ3) is 6.32. The van der Waals surface area contributed by atoms with Crippen LogP contribution in [0.25, 0.3) is 0 Å². The van der Waals surface area contributed by atoms with Crippen molar-refractivity contribution in [2.24, 2.45) is 0 Å². The summed E-state index contributed by atoms with van der Waals surface area (Å²) >= 11 is 0. The molecule has 286 valence electrons. The number of ether oxygens (including phenoxy) is 2. The Morgan fingerprint density at radius 3 is 0.960 bits per heavy atom. The minimum atomic E-state index is -8.58. The zero-order valence-corrected chi connectivity index (χ0v) is 26.6. The predicted molar refractivity (Wildman–Crippen MR) is 150 cm³/mol. The molecule has 4 N–H and O–H groups in total. The number of alkyl halides is 16. The van der Waals surface area contributed by atoms with Crippen LogP contribution < -0.4 is 20.9 Å². The van der Waals surface area contributed by atoms with Gasteiger partial charge in [-0.05, 0) is 61.1 Å². The van der Waals surface area contributed by atoms with E-state index in [1.165, 1.54) is 0 Å². The molecule has 2 aromatic carbocycles. The highest BCUT2D eigenvalue weighted by molar-refractivity contribution is 5.62. The van der Waals surface area contributed by atoms with Gasteiger partial charge in [0.1, 0.15) is 11.5 Å². The quantitative estimate of drug-likeness (QED) is 0.125. The minimum Gasteiger partial charge on any atom is -0.495 e. The Kier molecular flexibility index (Phi) is 11.9. The van der Waals surface area contributed by atoms with Crippen LogP contribution in [0.2, 0.25) is 0 Å². The highest BCUT2D eigenvalue weighted by Gasteiger charge is 2.95. The average molecular weight is 757 g/mol. The standard InChI is InChI=1S/C30H32F16N2O2/c1-5-7-9-15-11-17(13-19(49-3)21(15)47)23(31,32)25(35,36)27(39,40)29(43,44)30(45,46)28(41,42)26(37,38)24(33,34)18-12-16(10-8-6-2)22(48)20(14-18)50-4/h11-14H,5-10,47-48H2,1-4H3. The second-order valence-corrected chi connectivity index (χ2v) is 11.3. The van der Waals surface area contributed by atoms with Crippen molar-refractivity contribution in [3.63, 3.8) is 0 Å². The molecular formula is C30H32F16N2O2. The van der Waals surface area contributed by atoms with Crippen molar-refractivity contribution in [1.29, 1.82) is 0 Å². The minimum absolute atomic E-state index is 0.00670. The van der Waals surface area contributed by atoms with Gasteiger partial charge in [-0.2, -0.15) is 70.2 Å². The molecule has 0 radical (unpaired) electrons. The molecule has 20 heteroatoms. The van der Waals surface area contributed by atoms with E-state index in [0.29, 0.717) is 12.8 Å². The van der Waals surface area contributed by atoms with E-state index < -0.39 is 92.5 Å². The average Bonchev–Trinajstić information content (AvgIpc) is 3.02. The van der Waals surface area contributed by atoms with Crippen LogP contribution in [0.5, 0.6) is 11.5 Å². The van der Waals surface area contributed by atoms with E-state index in [0.717, 1.165) is 14.2 Å². The molecule has 0 saturated carbocycles. The zero-order valence-electron chi connectivity index (χ0n) is 26.6. The molecule has 2 rings (SSSR count). The lowest BCUT2D eigenvalue weighted by molar-refractivity contribution is -0.456. The Balaban J connectivity index is 2.76. The number of unbranched alkanes of at least 4 members (excludes halogenated alkanes) is 2. The van der Waals surface area contributed by atoms with Gasteiger partial charge >= 0.3 is 47.4 Å². The van der Waals surface area contributed by atoms with Crippen LogP contribution >= 0.6 is 0 Å². The van der Waals surface area contributed by atoms with Gasteiger partial charge in [-0.25, -0.2) is 0 Å². The molecule has 0 fully saturated rings. The Morgan fingerprint density at radius 2 is 0.720 bits per heavy atom. The van der Waals surface area contributed by atoms with E-state index >= 15 is 17.6 Å². The van der Waals surface area contributed by atoms with Crippen LogP contribution in [-0.4, -0.2) is 49.8 Å². The van der Waals surface area contributed by atoms with Crippen molar-refractivity contribution in [1.82, 2.24) is 0 Å². The van der Waals surface area contributed by atoms with Crippen molar-refractivity contribution in [3.8, 4) is 11.5 Å². The van der Waals surface area contributed by atoms with Gasteiger partial charge < -0.3 is 20.9 Å². The van der Waals surface area contributed by atoms with E-state index in [9.17, 15) is 52.7 Å². The highest BCUT2D eigenvalue weighted by Crippen LogP contribution is 2.66. The molecule has 0 aromatic heterocycles. The van der Waals surface area contributed by atoms with E-state index in [4.69, 9.17) is 11.5 Å². The summed E-state index contributed by atoms with van der Waals surface area (Å²) in [5, 5.41) is 0. The SMILES string of the molecule is CCCCc1cc(C(F)(F)C(F)(F)C(F)(F)C(F)(F)C(F)(F)C(F)(F)C(F)(F)C(F)(F)c2cc(CCCC)c(N)c(OC)c2)cc(OC)c1N. The molecule has 0 atom stereocenters. The van der Waals surface area contributed by atoms with Crippen LogP contribution in [0.4, 0.5) is 81.6 Å². The predicted octanol–water partition coefficient (Wildman–Crippen LogP) is 10.2. The smallest absolute Gasteiger partial charge is 0.385 e. The van der Waals surface area contributed by atoms with Crippen LogP contribution in [0.15, 0.2) is 24.3 Å². The topological polar surface area (TPSA) is 70.5 Å². The Bertz CT molecular complexity index is 1400. The van der Waals surface area contributed by atoms with Crippen molar-refractivity contribution < 1.29 is 79.7 Å². The fourth-order valence-corrected chi connectivity index (χ4v) is 4.76. The fourth-order valence-electron chi connectivity index (χ4n) is 4.76. The maximum Gasteiger partial charge on any atom is 0.385 e. The molecule has 0 heterocycles. The number of rotatable bonds is 17. The molecule has 4 nitrogen and oxygen atoms in total. The fraction of sp³-hybridized carbons (Fsp3) is 0.600. The number of nitrogens with two attached hydrogens (primary N) is 2. The zero-order chi connectivity index (χ0) is 39.1. The summed E-state index contributed by atoms with van der Waals surface area (Å²) in [6.45, 7) is 3.10. The Hall–Kier alpha value is -3.48. The van der Waals surface area contributed by atoms with E-state index in [1.807, 2.05) is 0 Å². The second kappa shape index (κ2) is 13.9. The number of aryl methyl sites for hydroxylation is 2. The lowest BCUT2D eigenvalue weighted by atomic mass is 9.84. The molecule has 0 unspecified atom stereocenters. The highest BCUT2D eigenvalue weighted by atomic mass is 19.4. The van der Waals surface area contributed by atoms with Crippen molar-refractivity contribution in [3.05, 3.63) is 46.5 Å². The van der Waals surface area contributed by atoms with Gasteiger partial charge in [-0.15, -0.1) is 0 Å². The number of anilines is 2. The summed E-state index contributed by atoms with van der Waals surface area (Å²) in [5.41, 5.74) is 4.64. The lowest BCUT2D eigenvalue weighted by Crippen LogP contribution is -2.74. The molecule has 0 bridgehead atoms. The summed E-state index contributed by atoms with van der Waals surface area (Å²) in [6, 6.07) is -0.312. The third-order valence-electron chi connectivity index (χ3n) is 7.98. The Labute approximate surface area is 275 Å². The van der Waals surface area contributed by atoms with Gasteiger partial charge in [0.15, 0.2) is 0 Å². The summed E-state index contributed by atoms with van der Waals surface area (Å²) in [7, 11) is 1.45. The summed E-state index contributed by atoms with van der Waals surface area (Å²) in [4.78, 5) is 0. The van der Waals surface area contributed by atoms with Crippen molar-refractivity contribution in [2.75, 3.05) is 25.7 Å². The van der Waals surface area contributed by atoms with Gasteiger partial charge in [0.2, 0.25) is 0 Å². The van der Waals surface area contributed by atoms with E-state index in [2.05, 4.69) is 9.47 Å². The molecular weight excluding hydrogens is 724 g/mol. The number of halogens is 16. The normalized spacial score (nSPS) is 14.2. The maximum atomic E-state index is 15.1. The first-order chi connectivity index (χ1) is 22.5. The number of methoxy groups -OCH3 is 2. The summed E-state index contributed by atoms with van der Waals surface area (Å²) < 4.78 is 247. The molecule has 0 saturated heterocycles. The first-order valence-corrected chi connectivity index (χ1v) is 14.5. The second-order valence-electron chi connectivity index (χ2n) is 11.3. The summed E-state index contributed by atoms with van der Waals surface area (Å²) in [5.74, 6) is -64.6. The van der Waals surface area contributed by atoms with E-state index in [1.54, 1.807) is 13.8 Å². The van der Waals surface area contributed by atoms with Crippen molar-refractivity contribution in [2.45, 2.75) is 99.8 Å². The molecule has 0 amide bonds. The van der Waals surface area contributed by atoms with Crippen LogP contribution in [0, 0.1) is 0 Å². The molecule has 2 aromatic rings. The number of hydrogen-bond acceptors (Lipinski definition) is 4. The molecule has 0 aliphatic rings. The van der Waals surface area contributed by atoms with Gasteiger partial charge in [0.05, 0.1) is 25.6 Å². The Morgan fingerprint density at radius 1 is 0.460 bits per heavy atom. The van der Waals surface area contributed by atoms with E-state index in [-0.39, 0.29) is 49.9 Å². The number of benzene rings is 2. The third-order valence-corrected chi connectivity index (χ3v) is 7.98. The van der Waals surface area contributed by atoms with Crippen LogP contribution in [0.1, 0.15) is 61.8 Å².